The molecule has 0 unspecified atom stereocenters. The van der Waals surface area contributed by atoms with E-state index in [-0.39, 0.29) is 0 Å². The van der Waals surface area contributed by atoms with Crippen molar-refractivity contribution >= 4 is 17.4 Å². The normalized spacial score (nSPS) is 13.5. The Bertz CT molecular complexity index is 679. The Kier molecular flexibility index (Phi) is 2.56. The number of hydrogen-bond donors (Lipinski definition) is 2. The Balaban J connectivity index is 2.00. The lowest BCUT2D eigenvalue weighted by molar-refractivity contribution is 0.100. The number of nitrogens with one attached hydrogen (secondary N) is 1. The van der Waals surface area contributed by atoms with E-state index in [1.165, 1.54) is 0 Å². The van der Waals surface area contributed by atoms with Gasteiger partial charge in [-0.3, -0.25) is 10.2 Å². The molecule has 0 aromatic heterocycles. The standard InChI is InChI=1S/C15H13N3O/c16-14-13-7-2-1-4-11(13)9-18(14)12-6-3-5-10(8-12)15(17)19/h1-8,16H,9H2,(H2,17,19). The van der Waals surface area contributed by atoms with Crippen LogP contribution in [0.5, 0.6) is 0 Å². The Morgan fingerprint density at radius 2 is 1.95 bits per heavy atom. The van der Waals surface area contributed by atoms with Crippen molar-refractivity contribution in [1.82, 2.24) is 0 Å². The summed E-state index contributed by atoms with van der Waals surface area (Å²) in [6.07, 6.45) is 0. The minimum absolute atomic E-state index is 0.454. The first kappa shape index (κ1) is 11.5. The first-order valence-electron chi connectivity index (χ1n) is 6.01. The Morgan fingerprint density at radius 3 is 2.68 bits per heavy atom. The van der Waals surface area contributed by atoms with Crippen molar-refractivity contribution in [2.75, 3.05) is 4.90 Å². The van der Waals surface area contributed by atoms with Crippen LogP contribution in [0, 0.1) is 5.41 Å². The molecule has 4 heteroatoms. The minimum atomic E-state index is -0.454. The predicted molar refractivity (Wildman–Crippen MR) is 74.4 cm³/mol. The van der Waals surface area contributed by atoms with E-state index in [1.54, 1.807) is 18.2 Å². The van der Waals surface area contributed by atoms with Crippen LogP contribution < -0.4 is 10.6 Å². The summed E-state index contributed by atoms with van der Waals surface area (Å²) in [5, 5.41) is 8.21. The van der Waals surface area contributed by atoms with E-state index >= 15 is 0 Å². The van der Waals surface area contributed by atoms with E-state index in [4.69, 9.17) is 11.1 Å². The highest BCUT2D eigenvalue weighted by Gasteiger charge is 2.24. The summed E-state index contributed by atoms with van der Waals surface area (Å²) < 4.78 is 0. The highest BCUT2D eigenvalue weighted by molar-refractivity contribution is 6.12. The van der Waals surface area contributed by atoms with Crippen molar-refractivity contribution in [3.05, 3.63) is 65.2 Å². The molecule has 1 amide bonds. The Hall–Kier alpha value is -2.62. The first-order chi connectivity index (χ1) is 9.16. The van der Waals surface area contributed by atoms with Crippen LogP contribution in [0.25, 0.3) is 0 Å². The molecule has 1 aliphatic heterocycles. The molecule has 0 spiro atoms. The Labute approximate surface area is 111 Å². The molecule has 1 heterocycles. The highest BCUT2D eigenvalue weighted by atomic mass is 16.1. The highest BCUT2D eigenvalue weighted by Crippen LogP contribution is 2.28. The molecule has 0 saturated heterocycles. The molecule has 0 atom stereocenters. The van der Waals surface area contributed by atoms with Crippen molar-refractivity contribution < 1.29 is 4.79 Å². The van der Waals surface area contributed by atoms with Gasteiger partial charge in [0.25, 0.3) is 0 Å². The van der Waals surface area contributed by atoms with Gasteiger partial charge in [0.2, 0.25) is 5.91 Å². The molecule has 0 aliphatic carbocycles. The number of carbonyl (C=O) groups excluding carboxylic acids is 1. The van der Waals surface area contributed by atoms with E-state index in [9.17, 15) is 4.79 Å². The summed E-state index contributed by atoms with van der Waals surface area (Å²) in [5.74, 6) is 0.00214. The van der Waals surface area contributed by atoms with Gasteiger partial charge in [-0.25, -0.2) is 0 Å². The maximum atomic E-state index is 11.2. The summed E-state index contributed by atoms with van der Waals surface area (Å²) in [5.41, 5.74) is 8.62. The van der Waals surface area contributed by atoms with Crippen LogP contribution in [0.4, 0.5) is 5.69 Å². The lowest BCUT2D eigenvalue weighted by atomic mass is 10.1. The van der Waals surface area contributed by atoms with Crippen LogP contribution in [-0.4, -0.2) is 11.7 Å². The maximum absolute atomic E-state index is 11.2. The SMILES string of the molecule is N=C1c2ccccc2CN1c1cccc(C(N)=O)c1. The number of nitrogens with two attached hydrogens (primary N) is 1. The smallest absolute Gasteiger partial charge is 0.248 e. The lowest BCUT2D eigenvalue weighted by Gasteiger charge is -2.18. The number of hydrogen-bond acceptors (Lipinski definition) is 2. The minimum Gasteiger partial charge on any atom is -0.366 e. The molecule has 1 aliphatic rings. The summed E-state index contributed by atoms with van der Waals surface area (Å²) in [7, 11) is 0. The van der Waals surface area contributed by atoms with E-state index < -0.39 is 5.91 Å². The molecule has 2 aromatic rings. The zero-order chi connectivity index (χ0) is 13.4. The van der Waals surface area contributed by atoms with Gasteiger partial charge in [-0.15, -0.1) is 0 Å². The van der Waals surface area contributed by atoms with E-state index in [0.29, 0.717) is 17.9 Å². The van der Waals surface area contributed by atoms with Crippen LogP contribution in [-0.2, 0) is 6.54 Å². The second kappa shape index (κ2) is 4.24. The number of fused-ring (bicyclic) bond motifs is 1. The van der Waals surface area contributed by atoms with Gasteiger partial charge in [-0.1, -0.05) is 30.3 Å². The molecule has 4 nitrogen and oxygen atoms in total. The number of anilines is 1. The lowest BCUT2D eigenvalue weighted by Crippen LogP contribution is -2.23. The first-order valence-corrected chi connectivity index (χ1v) is 6.01. The topological polar surface area (TPSA) is 70.2 Å². The molecular formula is C15H13N3O. The molecule has 0 bridgehead atoms. The number of carbonyl (C=O) groups is 1. The molecule has 94 valence electrons. The van der Waals surface area contributed by atoms with E-state index in [2.05, 4.69) is 0 Å². The second-order valence-corrected chi connectivity index (χ2v) is 4.51. The fraction of sp³-hybridized carbons (Fsp3) is 0.0667. The summed E-state index contributed by atoms with van der Waals surface area (Å²) in [6.45, 7) is 0.650. The molecular weight excluding hydrogens is 238 g/mol. The van der Waals surface area contributed by atoms with Crippen LogP contribution in [0.1, 0.15) is 21.5 Å². The summed E-state index contributed by atoms with van der Waals surface area (Å²) >= 11 is 0. The fourth-order valence-corrected chi connectivity index (χ4v) is 2.33. The number of rotatable bonds is 2. The number of primary amides is 1. The fourth-order valence-electron chi connectivity index (χ4n) is 2.33. The third-order valence-electron chi connectivity index (χ3n) is 3.31. The number of benzene rings is 2. The monoisotopic (exact) mass is 251 g/mol. The zero-order valence-electron chi connectivity index (χ0n) is 10.3. The molecule has 3 N–H and O–H groups in total. The molecule has 0 fully saturated rings. The van der Waals surface area contributed by atoms with Crippen LogP contribution >= 0.6 is 0 Å². The van der Waals surface area contributed by atoms with Crippen LogP contribution in [0.2, 0.25) is 0 Å². The number of amides is 1. The van der Waals surface area contributed by atoms with Crippen molar-refractivity contribution in [3.63, 3.8) is 0 Å². The largest absolute Gasteiger partial charge is 0.366 e. The number of amidine groups is 1. The quantitative estimate of drug-likeness (QED) is 0.858. The van der Waals surface area contributed by atoms with Gasteiger partial charge in [-0.05, 0) is 23.8 Å². The predicted octanol–water partition coefficient (Wildman–Crippen LogP) is 2.13. The number of nitrogens with zero attached hydrogens (tertiary/aromatic N) is 1. The summed E-state index contributed by atoms with van der Waals surface area (Å²) in [4.78, 5) is 13.1. The van der Waals surface area contributed by atoms with Gasteiger partial charge in [0.15, 0.2) is 0 Å². The van der Waals surface area contributed by atoms with Crippen LogP contribution in [0.15, 0.2) is 48.5 Å². The van der Waals surface area contributed by atoms with Gasteiger partial charge < -0.3 is 10.6 Å². The van der Waals surface area contributed by atoms with Gasteiger partial charge in [-0.2, -0.15) is 0 Å². The van der Waals surface area contributed by atoms with Crippen molar-refractivity contribution in [3.8, 4) is 0 Å². The molecule has 19 heavy (non-hydrogen) atoms. The third kappa shape index (κ3) is 1.87. The average Bonchev–Trinajstić information content (AvgIpc) is 2.77. The van der Waals surface area contributed by atoms with Crippen LogP contribution in [0.3, 0.4) is 0 Å². The molecule has 2 aromatic carbocycles. The van der Waals surface area contributed by atoms with Gasteiger partial charge >= 0.3 is 0 Å². The van der Waals surface area contributed by atoms with E-state index in [1.807, 2.05) is 35.2 Å². The van der Waals surface area contributed by atoms with Crippen molar-refractivity contribution in [2.24, 2.45) is 5.73 Å². The van der Waals surface area contributed by atoms with Gasteiger partial charge in [0, 0.05) is 16.8 Å². The zero-order valence-corrected chi connectivity index (χ0v) is 10.3. The average molecular weight is 251 g/mol. The summed E-state index contributed by atoms with van der Waals surface area (Å²) in [6, 6.07) is 14.9. The van der Waals surface area contributed by atoms with Crippen molar-refractivity contribution in [1.29, 1.82) is 5.41 Å². The maximum Gasteiger partial charge on any atom is 0.248 e. The molecule has 0 radical (unpaired) electrons. The molecule has 3 rings (SSSR count). The second-order valence-electron chi connectivity index (χ2n) is 4.51. The van der Waals surface area contributed by atoms with Gasteiger partial charge in [0.1, 0.15) is 5.84 Å². The van der Waals surface area contributed by atoms with Gasteiger partial charge in [0.05, 0.1) is 6.54 Å². The Morgan fingerprint density at radius 1 is 1.16 bits per heavy atom. The molecule has 0 saturated carbocycles. The third-order valence-corrected chi connectivity index (χ3v) is 3.31. The van der Waals surface area contributed by atoms with Crippen molar-refractivity contribution in [2.45, 2.75) is 6.54 Å². The van der Waals surface area contributed by atoms with E-state index in [0.717, 1.165) is 16.8 Å².